The zero-order chi connectivity index (χ0) is 24.6. The summed E-state index contributed by atoms with van der Waals surface area (Å²) in [4.78, 5) is 13.1. The number of aromatic nitrogens is 1. The molecule has 2 atom stereocenters. The molecule has 10 heteroatoms. The number of aryl methyl sites for hydroxylation is 1. The first-order valence-corrected chi connectivity index (χ1v) is 10.4. The number of unbranched alkanes of at least 4 members (excludes halogenated alkanes) is 1. The van der Waals surface area contributed by atoms with Crippen LogP contribution in [-0.2, 0) is 12.1 Å². The molecule has 180 valence electrons. The van der Waals surface area contributed by atoms with Crippen LogP contribution in [0.5, 0.6) is 5.75 Å². The highest BCUT2D eigenvalue weighted by Crippen LogP contribution is 2.40. The van der Waals surface area contributed by atoms with Gasteiger partial charge in [-0.15, -0.1) is 0 Å². The lowest BCUT2D eigenvalue weighted by atomic mass is 9.92. The fraction of sp³-hybridized carbons (Fsp3) is 0.435. The average molecular weight is 471 g/mol. The molecule has 0 saturated carbocycles. The molecule has 2 aromatic carbocycles. The lowest BCUT2D eigenvalue weighted by Gasteiger charge is -2.27. The summed E-state index contributed by atoms with van der Waals surface area (Å²) >= 11 is 0. The van der Waals surface area contributed by atoms with Crippen LogP contribution in [0.2, 0.25) is 0 Å². The van der Waals surface area contributed by atoms with Crippen molar-refractivity contribution in [1.29, 1.82) is 0 Å². The second kappa shape index (κ2) is 9.28. The number of alkyl halides is 3. The van der Waals surface area contributed by atoms with Crippen molar-refractivity contribution in [1.82, 2.24) is 4.57 Å². The number of aliphatic hydroxyl groups is 3. The normalized spacial score (nSPS) is 15.1. The smallest absolute Gasteiger partial charge is 0.421 e. The van der Waals surface area contributed by atoms with E-state index in [2.05, 4.69) is 0 Å². The van der Waals surface area contributed by atoms with Crippen molar-refractivity contribution in [3.05, 3.63) is 52.1 Å². The number of hydrogen-bond donors (Lipinski definition) is 3. The Morgan fingerprint density at radius 3 is 2.42 bits per heavy atom. The molecule has 3 aromatic rings. The maximum absolute atomic E-state index is 14.7. The molecule has 3 N–H and O–H groups in total. The highest BCUT2D eigenvalue weighted by Gasteiger charge is 2.51. The summed E-state index contributed by atoms with van der Waals surface area (Å²) < 4.78 is 61.6. The minimum absolute atomic E-state index is 0.0602. The van der Waals surface area contributed by atoms with Gasteiger partial charge in [-0.05, 0) is 43.2 Å². The molecule has 0 amide bonds. The quantitative estimate of drug-likeness (QED) is 0.345. The highest BCUT2D eigenvalue weighted by atomic mass is 19.4. The van der Waals surface area contributed by atoms with Gasteiger partial charge in [0.2, 0.25) is 0 Å². The predicted octanol–water partition coefficient (Wildman–Crippen LogP) is 3.60. The SMILES string of the molecule is CCCCn1c(=O)c2cc(F)c(OCC(O)CO)cc2c2cc(C(C)(O)C(F)(F)F)ccc21. The van der Waals surface area contributed by atoms with E-state index in [0.717, 1.165) is 24.6 Å². The number of nitrogens with zero attached hydrogens (tertiary/aromatic N) is 1. The maximum Gasteiger partial charge on any atom is 0.421 e. The number of pyridine rings is 1. The summed E-state index contributed by atoms with van der Waals surface area (Å²) in [7, 11) is 0. The molecule has 33 heavy (non-hydrogen) atoms. The Kier molecular flexibility index (Phi) is 7.01. The first-order chi connectivity index (χ1) is 15.4. The van der Waals surface area contributed by atoms with Crippen LogP contribution in [0.3, 0.4) is 0 Å². The van der Waals surface area contributed by atoms with Crippen molar-refractivity contribution in [3.8, 4) is 5.75 Å². The van der Waals surface area contributed by atoms with Gasteiger partial charge in [-0.25, -0.2) is 4.39 Å². The number of hydrogen-bond acceptors (Lipinski definition) is 5. The van der Waals surface area contributed by atoms with Crippen molar-refractivity contribution in [2.75, 3.05) is 13.2 Å². The molecule has 1 heterocycles. The number of aliphatic hydroxyl groups excluding tert-OH is 2. The van der Waals surface area contributed by atoms with Crippen molar-refractivity contribution in [3.63, 3.8) is 0 Å². The van der Waals surface area contributed by atoms with Gasteiger partial charge in [-0.3, -0.25) is 4.79 Å². The van der Waals surface area contributed by atoms with E-state index in [4.69, 9.17) is 9.84 Å². The van der Waals surface area contributed by atoms with Crippen LogP contribution in [0.4, 0.5) is 17.6 Å². The van der Waals surface area contributed by atoms with Crippen LogP contribution < -0.4 is 10.3 Å². The van der Waals surface area contributed by atoms with Crippen molar-refractivity contribution in [2.45, 2.75) is 51.1 Å². The van der Waals surface area contributed by atoms with E-state index in [-0.39, 0.29) is 28.5 Å². The van der Waals surface area contributed by atoms with Gasteiger partial charge in [0.05, 0.1) is 17.5 Å². The molecule has 3 rings (SSSR count). The minimum atomic E-state index is -4.95. The molecule has 0 radical (unpaired) electrons. The fourth-order valence-corrected chi connectivity index (χ4v) is 3.55. The van der Waals surface area contributed by atoms with Gasteiger partial charge in [0.1, 0.15) is 12.7 Å². The zero-order valence-corrected chi connectivity index (χ0v) is 18.1. The first-order valence-electron chi connectivity index (χ1n) is 10.4. The zero-order valence-electron chi connectivity index (χ0n) is 18.1. The summed E-state index contributed by atoms with van der Waals surface area (Å²) in [5.74, 6) is -1.24. The predicted molar refractivity (Wildman–Crippen MR) is 115 cm³/mol. The van der Waals surface area contributed by atoms with Crippen LogP contribution in [0.25, 0.3) is 21.7 Å². The van der Waals surface area contributed by atoms with Gasteiger partial charge in [-0.2, -0.15) is 13.2 Å². The summed E-state index contributed by atoms with van der Waals surface area (Å²) in [6.07, 6.45) is -4.85. The highest BCUT2D eigenvalue weighted by molar-refractivity contribution is 6.06. The van der Waals surface area contributed by atoms with E-state index in [9.17, 15) is 32.6 Å². The number of ether oxygens (including phenoxy) is 1. The van der Waals surface area contributed by atoms with E-state index in [1.54, 1.807) is 0 Å². The van der Waals surface area contributed by atoms with Crippen molar-refractivity contribution in [2.24, 2.45) is 0 Å². The topological polar surface area (TPSA) is 91.9 Å². The summed E-state index contributed by atoms with van der Waals surface area (Å²) in [6.45, 7) is 1.78. The van der Waals surface area contributed by atoms with Gasteiger partial charge in [0.15, 0.2) is 17.2 Å². The molecule has 0 bridgehead atoms. The summed E-state index contributed by atoms with van der Waals surface area (Å²) in [5, 5.41) is 28.8. The maximum atomic E-state index is 14.7. The summed E-state index contributed by atoms with van der Waals surface area (Å²) in [5.41, 5.74) is -3.77. The Labute approximate surface area is 186 Å². The van der Waals surface area contributed by atoms with Gasteiger partial charge in [-0.1, -0.05) is 19.4 Å². The van der Waals surface area contributed by atoms with E-state index in [1.807, 2.05) is 6.92 Å². The molecule has 0 fully saturated rings. The van der Waals surface area contributed by atoms with E-state index in [1.165, 1.54) is 16.7 Å². The molecule has 6 nitrogen and oxygen atoms in total. The molecular formula is C23H25F4NO5. The van der Waals surface area contributed by atoms with Crippen LogP contribution in [-0.4, -0.2) is 45.4 Å². The molecule has 1 aromatic heterocycles. The van der Waals surface area contributed by atoms with Crippen molar-refractivity contribution >= 4 is 21.7 Å². The van der Waals surface area contributed by atoms with E-state index < -0.39 is 48.0 Å². The fourth-order valence-electron chi connectivity index (χ4n) is 3.55. The number of benzene rings is 2. The third-order valence-electron chi connectivity index (χ3n) is 5.62. The Morgan fingerprint density at radius 1 is 1.12 bits per heavy atom. The average Bonchev–Trinajstić information content (AvgIpc) is 2.76. The van der Waals surface area contributed by atoms with Gasteiger partial charge >= 0.3 is 6.18 Å². The van der Waals surface area contributed by atoms with Crippen LogP contribution in [0, 0.1) is 5.82 Å². The largest absolute Gasteiger partial charge is 0.488 e. The third-order valence-corrected chi connectivity index (χ3v) is 5.62. The standard InChI is InChI=1S/C23H25F4NO5/c1-3-4-7-28-19-6-5-13(22(2,32)23(25,26)27)8-16(19)15-10-20(33-12-14(30)11-29)18(24)9-17(15)21(28)31/h5-6,8-10,14,29-30,32H,3-4,7,11-12H2,1-2H3. The van der Waals surface area contributed by atoms with Gasteiger partial charge in [0, 0.05) is 17.3 Å². The second-order valence-corrected chi connectivity index (χ2v) is 8.09. The van der Waals surface area contributed by atoms with Gasteiger partial charge in [0.25, 0.3) is 5.56 Å². The molecular weight excluding hydrogens is 446 g/mol. The van der Waals surface area contributed by atoms with E-state index in [0.29, 0.717) is 18.9 Å². The molecule has 2 unspecified atom stereocenters. The van der Waals surface area contributed by atoms with Crippen LogP contribution in [0.15, 0.2) is 35.1 Å². The number of fused-ring (bicyclic) bond motifs is 3. The third kappa shape index (κ3) is 4.68. The Balaban J connectivity index is 2.33. The number of halogens is 4. The Bertz CT molecular complexity index is 1220. The monoisotopic (exact) mass is 471 g/mol. The summed E-state index contributed by atoms with van der Waals surface area (Å²) in [6, 6.07) is 5.70. The molecule has 0 aliphatic heterocycles. The van der Waals surface area contributed by atoms with Crippen LogP contribution in [0.1, 0.15) is 32.3 Å². The molecule has 0 spiro atoms. The molecule has 0 saturated heterocycles. The molecule has 0 aliphatic rings. The van der Waals surface area contributed by atoms with Crippen molar-refractivity contribution < 1.29 is 37.6 Å². The lowest BCUT2D eigenvalue weighted by Crippen LogP contribution is -2.39. The Morgan fingerprint density at radius 2 is 1.82 bits per heavy atom. The van der Waals surface area contributed by atoms with Crippen LogP contribution >= 0.6 is 0 Å². The number of rotatable bonds is 8. The van der Waals surface area contributed by atoms with E-state index >= 15 is 0 Å². The first kappa shape index (κ1) is 24.9. The lowest BCUT2D eigenvalue weighted by molar-refractivity contribution is -0.258. The Hall–Kier alpha value is -2.69. The van der Waals surface area contributed by atoms with Gasteiger partial charge < -0.3 is 24.6 Å². The minimum Gasteiger partial charge on any atom is -0.488 e. The second-order valence-electron chi connectivity index (χ2n) is 8.09. The molecule has 0 aliphatic carbocycles.